The molecule has 0 aliphatic carbocycles. The molecular formula is C12H18ClN3O. The van der Waals surface area contributed by atoms with Crippen LogP contribution in [0.2, 0.25) is 5.02 Å². The van der Waals surface area contributed by atoms with Crippen LogP contribution in [0, 0.1) is 0 Å². The molecule has 1 rings (SSSR count). The van der Waals surface area contributed by atoms with Crippen molar-refractivity contribution in [1.82, 2.24) is 9.88 Å². The van der Waals surface area contributed by atoms with Gasteiger partial charge in [-0.15, -0.1) is 0 Å². The largest absolute Gasteiger partial charge is 0.373 e. The molecule has 0 spiro atoms. The molecule has 1 amide bonds. The molecule has 0 saturated heterocycles. The standard InChI is InChI=1S/C12H18ClN3O/c1-5-8(2)16(4)12(17)9-6-11(14-3)15-7-10(9)13/h6-8H,5H2,1-4H3,(H,14,15). The molecule has 0 saturated carbocycles. The minimum Gasteiger partial charge on any atom is -0.373 e. The quantitative estimate of drug-likeness (QED) is 0.900. The first-order chi connectivity index (χ1) is 8.01. The van der Waals surface area contributed by atoms with Gasteiger partial charge in [-0.3, -0.25) is 4.79 Å². The molecule has 1 atom stereocenters. The van der Waals surface area contributed by atoms with Gasteiger partial charge in [-0.2, -0.15) is 0 Å². The van der Waals surface area contributed by atoms with Gasteiger partial charge in [0.2, 0.25) is 0 Å². The molecule has 5 heteroatoms. The Balaban J connectivity index is 3.02. The van der Waals surface area contributed by atoms with E-state index < -0.39 is 0 Å². The van der Waals surface area contributed by atoms with E-state index in [9.17, 15) is 4.79 Å². The molecule has 0 fully saturated rings. The van der Waals surface area contributed by atoms with E-state index in [1.165, 1.54) is 6.20 Å². The number of nitrogens with zero attached hydrogens (tertiary/aromatic N) is 2. The van der Waals surface area contributed by atoms with Crippen LogP contribution in [-0.4, -0.2) is 35.9 Å². The van der Waals surface area contributed by atoms with Crippen molar-refractivity contribution >= 4 is 23.3 Å². The molecular weight excluding hydrogens is 238 g/mol. The minimum atomic E-state index is -0.0803. The number of aromatic nitrogens is 1. The molecule has 1 unspecified atom stereocenters. The summed E-state index contributed by atoms with van der Waals surface area (Å²) < 4.78 is 0. The first-order valence-corrected chi connectivity index (χ1v) is 5.99. The molecule has 0 aliphatic heterocycles. The van der Waals surface area contributed by atoms with Crippen LogP contribution in [0.25, 0.3) is 0 Å². The SMILES string of the molecule is CCC(C)N(C)C(=O)c1cc(NC)ncc1Cl. The lowest BCUT2D eigenvalue weighted by atomic mass is 10.1. The molecule has 0 aliphatic rings. The molecule has 0 radical (unpaired) electrons. The maximum Gasteiger partial charge on any atom is 0.255 e. The lowest BCUT2D eigenvalue weighted by molar-refractivity contribution is 0.0740. The summed E-state index contributed by atoms with van der Waals surface area (Å²) in [5.41, 5.74) is 0.480. The summed E-state index contributed by atoms with van der Waals surface area (Å²) in [6.07, 6.45) is 2.40. The van der Waals surface area contributed by atoms with Crippen LogP contribution in [0.1, 0.15) is 30.6 Å². The normalized spacial score (nSPS) is 12.1. The van der Waals surface area contributed by atoms with Crippen molar-refractivity contribution in [2.45, 2.75) is 26.3 Å². The van der Waals surface area contributed by atoms with Gasteiger partial charge in [0, 0.05) is 26.3 Å². The number of hydrogen-bond donors (Lipinski definition) is 1. The van der Waals surface area contributed by atoms with E-state index in [1.54, 1.807) is 25.1 Å². The van der Waals surface area contributed by atoms with Gasteiger partial charge in [0.05, 0.1) is 10.6 Å². The highest BCUT2D eigenvalue weighted by Gasteiger charge is 2.19. The van der Waals surface area contributed by atoms with Crippen molar-refractivity contribution < 1.29 is 4.79 Å². The monoisotopic (exact) mass is 255 g/mol. The zero-order valence-electron chi connectivity index (χ0n) is 10.6. The Morgan fingerprint density at radius 1 is 1.65 bits per heavy atom. The number of carbonyl (C=O) groups excluding carboxylic acids is 1. The first kappa shape index (κ1) is 13.8. The van der Waals surface area contributed by atoms with Crippen molar-refractivity contribution in [3.8, 4) is 0 Å². The van der Waals surface area contributed by atoms with Gasteiger partial charge in [0.25, 0.3) is 5.91 Å². The van der Waals surface area contributed by atoms with Crippen LogP contribution in [0.3, 0.4) is 0 Å². The van der Waals surface area contributed by atoms with Gasteiger partial charge in [-0.1, -0.05) is 18.5 Å². The third-order valence-electron chi connectivity index (χ3n) is 2.91. The maximum atomic E-state index is 12.2. The Bertz CT molecular complexity index is 409. The summed E-state index contributed by atoms with van der Waals surface area (Å²) in [7, 11) is 3.54. The van der Waals surface area contributed by atoms with Gasteiger partial charge in [-0.05, 0) is 19.4 Å². The molecule has 1 aromatic rings. The summed E-state index contributed by atoms with van der Waals surface area (Å²) in [6.45, 7) is 4.05. The second kappa shape index (κ2) is 5.87. The molecule has 0 aromatic carbocycles. The third-order valence-corrected chi connectivity index (χ3v) is 3.22. The third kappa shape index (κ3) is 3.09. The number of rotatable bonds is 4. The van der Waals surface area contributed by atoms with Crippen LogP contribution in [-0.2, 0) is 0 Å². The van der Waals surface area contributed by atoms with Crippen molar-refractivity contribution in [1.29, 1.82) is 0 Å². The predicted molar refractivity (Wildman–Crippen MR) is 70.6 cm³/mol. The number of nitrogens with one attached hydrogen (secondary N) is 1. The Morgan fingerprint density at radius 3 is 2.82 bits per heavy atom. The van der Waals surface area contributed by atoms with Gasteiger partial charge < -0.3 is 10.2 Å². The van der Waals surface area contributed by atoms with Crippen LogP contribution in [0.4, 0.5) is 5.82 Å². The number of anilines is 1. The molecule has 17 heavy (non-hydrogen) atoms. The van der Waals surface area contributed by atoms with E-state index in [0.29, 0.717) is 16.4 Å². The Labute approximate surface area is 107 Å². The summed E-state index contributed by atoms with van der Waals surface area (Å²) in [4.78, 5) is 18.0. The zero-order chi connectivity index (χ0) is 13.0. The van der Waals surface area contributed by atoms with Gasteiger partial charge >= 0.3 is 0 Å². The van der Waals surface area contributed by atoms with Gasteiger partial charge in [-0.25, -0.2) is 4.98 Å². The zero-order valence-corrected chi connectivity index (χ0v) is 11.4. The minimum absolute atomic E-state index is 0.0803. The average molecular weight is 256 g/mol. The van der Waals surface area contributed by atoms with Crippen LogP contribution < -0.4 is 5.32 Å². The number of halogens is 1. The first-order valence-electron chi connectivity index (χ1n) is 5.61. The fraction of sp³-hybridized carbons (Fsp3) is 0.500. The maximum absolute atomic E-state index is 12.2. The lowest BCUT2D eigenvalue weighted by Crippen LogP contribution is -2.34. The number of hydrogen-bond acceptors (Lipinski definition) is 3. The van der Waals surface area contributed by atoms with Crippen molar-refractivity contribution in [2.24, 2.45) is 0 Å². The topological polar surface area (TPSA) is 45.2 Å². The van der Waals surface area contributed by atoms with Crippen molar-refractivity contribution in [3.05, 3.63) is 22.8 Å². The second-order valence-corrected chi connectivity index (χ2v) is 4.38. The summed E-state index contributed by atoms with van der Waals surface area (Å²) >= 11 is 6.00. The fourth-order valence-electron chi connectivity index (χ4n) is 1.40. The molecule has 1 aromatic heterocycles. The van der Waals surface area contributed by atoms with E-state index in [4.69, 9.17) is 11.6 Å². The molecule has 0 bridgehead atoms. The van der Waals surface area contributed by atoms with E-state index in [1.807, 2.05) is 13.8 Å². The van der Waals surface area contributed by atoms with Gasteiger partial charge in [0.15, 0.2) is 0 Å². The molecule has 94 valence electrons. The van der Waals surface area contributed by atoms with Crippen LogP contribution in [0.15, 0.2) is 12.3 Å². The predicted octanol–water partition coefficient (Wildman–Crippen LogP) is 2.65. The Hall–Kier alpha value is -1.29. The van der Waals surface area contributed by atoms with Gasteiger partial charge in [0.1, 0.15) is 5.82 Å². The van der Waals surface area contributed by atoms with E-state index in [0.717, 1.165) is 6.42 Å². The molecule has 1 N–H and O–H groups in total. The summed E-state index contributed by atoms with van der Waals surface area (Å²) in [6, 6.07) is 1.86. The van der Waals surface area contributed by atoms with E-state index in [-0.39, 0.29) is 11.9 Å². The second-order valence-electron chi connectivity index (χ2n) is 3.97. The Morgan fingerprint density at radius 2 is 2.29 bits per heavy atom. The number of amides is 1. The fourth-order valence-corrected chi connectivity index (χ4v) is 1.59. The molecule has 1 heterocycles. The summed E-state index contributed by atoms with van der Waals surface area (Å²) in [5, 5.41) is 3.27. The highest BCUT2D eigenvalue weighted by Crippen LogP contribution is 2.20. The number of carbonyl (C=O) groups is 1. The van der Waals surface area contributed by atoms with E-state index >= 15 is 0 Å². The van der Waals surface area contributed by atoms with Crippen molar-refractivity contribution in [3.63, 3.8) is 0 Å². The Kier molecular flexibility index (Phi) is 4.75. The smallest absolute Gasteiger partial charge is 0.255 e. The van der Waals surface area contributed by atoms with Crippen molar-refractivity contribution in [2.75, 3.05) is 19.4 Å². The number of pyridine rings is 1. The average Bonchev–Trinajstić information content (AvgIpc) is 2.36. The highest BCUT2D eigenvalue weighted by molar-refractivity contribution is 6.33. The molecule has 4 nitrogen and oxygen atoms in total. The highest BCUT2D eigenvalue weighted by atomic mass is 35.5. The van der Waals surface area contributed by atoms with E-state index in [2.05, 4.69) is 10.3 Å². The van der Waals surface area contributed by atoms with Crippen LogP contribution in [0.5, 0.6) is 0 Å². The summed E-state index contributed by atoms with van der Waals surface area (Å²) in [5.74, 6) is 0.554. The van der Waals surface area contributed by atoms with Crippen LogP contribution >= 0.6 is 11.6 Å². The lowest BCUT2D eigenvalue weighted by Gasteiger charge is -2.24.